The summed E-state index contributed by atoms with van der Waals surface area (Å²) in [5.74, 6) is -4.42. The van der Waals surface area contributed by atoms with Gasteiger partial charge in [0.25, 0.3) is 35.4 Å². The van der Waals surface area contributed by atoms with Crippen LogP contribution in [-0.4, -0.2) is 45.5 Å². The van der Waals surface area contributed by atoms with Gasteiger partial charge >= 0.3 is 0 Å². The maximum absolute atomic E-state index is 13.8. The molecule has 0 aliphatic carbocycles. The summed E-state index contributed by atoms with van der Waals surface area (Å²) in [5, 5.41) is 1.84. The molecule has 0 fully saturated rings. The van der Waals surface area contributed by atoms with Gasteiger partial charge in [-0.1, -0.05) is 36.4 Å². The molecule has 0 saturated heterocycles. The third-order valence-corrected chi connectivity index (χ3v) is 6.83. The van der Waals surface area contributed by atoms with Gasteiger partial charge in [0.1, 0.15) is 0 Å². The second-order valence-corrected chi connectivity index (χ2v) is 8.78. The van der Waals surface area contributed by atoms with E-state index in [0.29, 0.717) is 20.8 Å². The van der Waals surface area contributed by atoms with Crippen LogP contribution in [0.15, 0.2) is 78.9 Å². The lowest BCUT2D eigenvalue weighted by molar-refractivity contribution is 0.00523. The Morgan fingerprint density at radius 1 is 0.405 bits per heavy atom. The molecule has 0 bridgehead atoms. The molecule has 37 heavy (non-hydrogen) atoms. The van der Waals surface area contributed by atoms with Crippen LogP contribution >= 0.6 is 0 Å². The molecule has 0 radical (unpaired) electrons. The highest BCUT2D eigenvalue weighted by Gasteiger charge is 2.47. The normalized spacial score (nSPS) is 16.3. The fraction of sp³-hybridized carbons (Fsp3) is 0. The molecule has 4 aromatic carbocycles. The smallest absolute Gasteiger partial charge is 0.268 e. The number of amides is 6. The molecule has 0 unspecified atom stereocenters. The highest BCUT2D eigenvalue weighted by Crippen LogP contribution is 2.38. The average molecular weight is 487 g/mol. The molecule has 3 aliphatic heterocycles. The van der Waals surface area contributed by atoms with E-state index >= 15 is 0 Å². The van der Waals surface area contributed by atoms with Gasteiger partial charge in [0.15, 0.2) is 0 Å². The summed E-state index contributed by atoms with van der Waals surface area (Å²) in [6.07, 6.45) is 0. The number of rotatable bonds is 2. The molecule has 7 rings (SSSR count). The second-order valence-electron chi connectivity index (χ2n) is 8.78. The van der Waals surface area contributed by atoms with Crippen molar-refractivity contribution in [3.8, 4) is 0 Å². The Hall–Kier alpha value is -5.44. The van der Waals surface area contributed by atoms with Gasteiger partial charge < -0.3 is 0 Å². The predicted molar refractivity (Wildman–Crippen MR) is 129 cm³/mol. The van der Waals surface area contributed by atoms with E-state index in [1.165, 1.54) is 24.3 Å². The van der Waals surface area contributed by atoms with E-state index in [2.05, 4.69) is 0 Å². The molecule has 9 heteroatoms. The third kappa shape index (κ3) is 2.57. The fourth-order valence-corrected chi connectivity index (χ4v) is 5.17. The highest BCUT2D eigenvalue weighted by molar-refractivity contribution is 6.36. The van der Waals surface area contributed by atoms with Gasteiger partial charge in [0, 0.05) is 5.39 Å². The van der Waals surface area contributed by atoms with Crippen molar-refractivity contribution in [2.24, 2.45) is 0 Å². The SMILES string of the molecule is O=C1c2ccccc2C(=O)N1c1cc2c3c(cccc3c1)C(=O)N(N1C(=O)c3ccccc3C1=O)C2=O. The Morgan fingerprint density at radius 3 is 1.38 bits per heavy atom. The molecule has 6 amide bonds. The minimum Gasteiger partial charge on any atom is -0.268 e. The van der Waals surface area contributed by atoms with E-state index in [1.807, 2.05) is 0 Å². The number of benzene rings is 4. The van der Waals surface area contributed by atoms with Crippen molar-refractivity contribution in [2.45, 2.75) is 0 Å². The van der Waals surface area contributed by atoms with E-state index in [1.54, 1.807) is 54.6 Å². The summed E-state index contributed by atoms with van der Waals surface area (Å²) in [7, 11) is 0. The summed E-state index contributed by atoms with van der Waals surface area (Å²) in [4.78, 5) is 80.6. The molecule has 0 saturated carbocycles. The Balaban J connectivity index is 1.39. The van der Waals surface area contributed by atoms with Crippen molar-refractivity contribution in [1.29, 1.82) is 0 Å². The van der Waals surface area contributed by atoms with Crippen LogP contribution in [-0.2, 0) is 0 Å². The molecule has 0 aromatic heterocycles. The van der Waals surface area contributed by atoms with Crippen molar-refractivity contribution in [2.75, 3.05) is 4.90 Å². The van der Waals surface area contributed by atoms with Crippen LogP contribution in [0.4, 0.5) is 5.69 Å². The summed E-state index contributed by atoms with van der Waals surface area (Å²) < 4.78 is 0. The molecular formula is C28H13N3O6. The van der Waals surface area contributed by atoms with Crippen LogP contribution in [0.5, 0.6) is 0 Å². The fourth-order valence-electron chi connectivity index (χ4n) is 5.17. The van der Waals surface area contributed by atoms with Crippen LogP contribution in [0.3, 0.4) is 0 Å². The van der Waals surface area contributed by atoms with Gasteiger partial charge in [-0.2, -0.15) is 10.0 Å². The standard InChI is InChI=1S/C28H13N3O6/c32-23-16-7-1-2-8-17(16)24(33)29(23)15-12-14-6-5-11-20-22(14)21(13-15)28(37)31(27(20)36)30-25(34)18-9-3-4-10-19(18)26(30)35/h1-13H. The zero-order valence-corrected chi connectivity index (χ0v) is 18.8. The van der Waals surface area contributed by atoms with Crippen LogP contribution in [0.25, 0.3) is 10.8 Å². The number of nitrogens with zero attached hydrogens (tertiary/aromatic N) is 3. The van der Waals surface area contributed by atoms with Crippen molar-refractivity contribution in [3.63, 3.8) is 0 Å². The van der Waals surface area contributed by atoms with Crippen molar-refractivity contribution in [1.82, 2.24) is 10.0 Å². The Labute approximate surface area is 208 Å². The molecule has 3 aliphatic rings. The molecule has 0 atom stereocenters. The number of hydrogen-bond acceptors (Lipinski definition) is 6. The number of hydrogen-bond donors (Lipinski definition) is 0. The number of carbonyl (C=O) groups is 6. The van der Waals surface area contributed by atoms with Gasteiger partial charge in [-0.25, -0.2) is 4.90 Å². The number of anilines is 1. The first-order valence-corrected chi connectivity index (χ1v) is 11.3. The summed E-state index contributed by atoms with van der Waals surface area (Å²) in [6, 6.07) is 20.1. The van der Waals surface area contributed by atoms with Crippen molar-refractivity contribution in [3.05, 3.63) is 112 Å². The largest absolute Gasteiger partial charge is 0.281 e. The van der Waals surface area contributed by atoms with Crippen LogP contribution in [0, 0.1) is 0 Å². The predicted octanol–water partition coefficient (Wildman–Crippen LogP) is 3.45. The first kappa shape index (κ1) is 20.9. The minimum atomic E-state index is -0.915. The summed E-state index contributed by atoms with van der Waals surface area (Å²) in [5.41, 5.74) is 0.867. The van der Waals surface area contributed by atoms with E-state index < -0.39 is 35.4 Å². The number of hydrazine groups is 1. The maximum Gasteiger partial charge on any atom is 0.281 e. The number of carbonyl (C=O) groups excluding carboxylic acids is 6. The maximum atomic E-state index is 13.8. The number of fused-ring (bicyclic) bond motifs is 2. The van der Waals surface area contributed by atoms with Crippen LogP contribution in [0.2, 0.25) is 0 Å². The number of imide groups is 3. The topological polar surface area (TPSA) is 112 Å². The van der Waals surface area contributed by atoms with Crippen molar-refractivity contribution < 1.29 is 28.8 Å². The quantitative estimate of drug-likeness (QED) is 0.401. The highest BCUT2D eigenvalue weighted by atomic mass is 16.2. The summed E-state index contributed by atoms with van der Waals surface area (Å²) in [6.45, 7) is 0. The molecule has 4 aromatic rings. The van der Waals surface area contributed by atoms with Gasteiger partial charge in [-0.15, -0.1) is 0 Å². The zero-order valence-electron chi connectivity index (χ0n) is 18.8. The molecule has 176 valence electrons. The van der Waals surface area contributed by atoms with Crippen molar-refractivity contribution >= 4 is 51.9 Å². The molecule has 3 heterocycles. The lowest BCUT2D eigenvalue weighted by Crippen LogP contribution is -2.54. The van der Waals surface area contributed by atoms with E-state index in [9.17, 15) is 28.8 Å². The van der Waals surface area contributed by atoms with E-state index in [-0.39, 0.29) is 39.1 Å². The third-order valence-electron chi connectivity index (χ3n) is 6.83. The minimum absolute atomic E-state index is 0.0178. The van der Waals surface area contributed by atoms with Gasteiger partial charge in [-0.05, 0) is 47.9 Å². The van der Waals surface area contributed by atoms with E-state index in [4.69, 9.17) is 0 Å². The monoisotopic (exact) mass is 487 g/mol. The molecular weight excluding hydrogens is 474 g/mol. The Bertz CT molecular complexity index is 1750. The summed E-state index contributed by atoms with van der Waals surface area (Å²) >= 11 is 0. The van der Waals surface area contributed by atoms with Gasteiger partial charge in [0.2, 0.25) is 0 Å². The zero-order chi connectivity index (χ0) is 25.6. The average Bonchev–Trinajstić information content (AvgIpc) is 3.32. The molecule has 9 nitrogen and oxygen atoms in total. The first-order valence-electron chi connectivity index (χ1n) is 11.3. The van der Waals surface area contributed by atoms with Gasteiger partial charge in [0.05, 0.1) is 39.1 Å². The van der Waals surface area contributed by atoms with Gasteiger partial charge in [-0.3, -0.25) is 28.8 Å². The Morgan fingerprint density at radius 2 is 0.838 bits per heavy atom. The second kappa shape index (κ2) is 7.05. The lowest BCUT2D eigenvalue weighted by Gasteiger charge is -2.32. The Kier molecular flexibility index (Phi) is 3.98. The first-order chi connectivity index (χ1) is 17.9. The van der Waals surface area contributed by atoms with E-state index in [0.717, 1.165) is 4.90 Å². The van der Waals surface area contributed by atoms with Crippen LogP contribution < -0.4 is 4.90 Å². The van der Waals surface area contributed by atoms with Crippen LogP contribution in [0.1, 0.15) is 62.1 Å². The molecule has 0 N–H and O–H groups in total. The molecule has 0 spiro atoms. The lowest BCUT2D eigenvalue weighted by atomic mass is 9.93.